The smallest absolute Gasteiger partial charge is 0.410 e. The number of anilines is 3. The lowest BCUT2D eigenvalue weighted by molar-refractivity contribution is 0.0240. The second-order valence-corrected chi connectivity index (χ2v) is 8.88. The maximum Gasteiger partial charge on any atom is 0.410 e. The Kier molecular flexibility index (Phi) is 7.02. The zero-order valence-electron chi connectivity index (χ0n) is 18.4. The lowest BCUT2D eigenvalue weighted by atomic mass is 10.2. The number of thioether (sulfide) groups is 1. The predicted octanol–water partition coefficient (Wildman–Crippen LogP) is 2.63. The van der Waals surface area contributed by atoms with E-state index >= 15 is 0 Å². The zero-order valence-corrected chi connectivity index (χ0v) is 19.2. The third-order valence-corrected chi connectivity index (χ3v) is 5.10. The molecular formula is C20H26FN7O3S. The summed E-state index contributed by atoms with van der Waals surface area (Å²) in [6.07, 6.45) is 1.40. The van der Waals surface area contributed by atoms with Crippen LogP contribution >= 0.6 is 11.8 Å². The highest BCUT2D eigenvalue weighted by Gasteiger charge is 2.27. The molecule has 1 fully saturated rings. The number of halogens is 1. The molecule has 2 heterocycles. The number of rotatable bonds is 5. The number of amides is 2. The molecule has 3 rings (SSSR count). The van der Waals surface area contributed by atoms with Crippen molar-refractivity contribution in [2.24, 2.45) is 5.73 Å². The van der Waals surface area contributed by atoms with Gasteiger partial charge >= 0.3 is 6.09 Å². The van der Waals surface area contributed by atoms with Gasteiger partial charge in [0.2, 0.25) is 5.16 Å². The molecule has 0 aliphatic carbocycles. The Bertz CT molecular complexity index is 1010. The molecule has 0 unspecified atom stereocenters. The number of nitrogens with two attached hydrogens (primary N) is 1. The van der Waals surface area contributed by atoms with Gasteiger partial charge in [0.25, 0.3) is 5.91 Å². The molecule has 32 heavy (non-hydrogen) atoms. The number of nitrogens with zero attached hydrogens (tertiary/aromatic N) is 5. The summed E-state index contributed by atoms with van der Waals surface area (Å²) >= 11 is 1.25. The number of carbonyl (C=O) groups excluding carboxylic acids is 2. The fourth-order valence-corrected chi connectivity index (χ4v) is 3.39. The molecule has 0 bridgehead atoms. The van der Waals surface area contributed by atoms with E-state index < -0.39 is 17.3 Å². The molecule has 10 nitrogen and oxygen atoms in total. The molecule has 172 valence electrons. The van der Waals surface area contributed by atoms with Crippen molar-refractivity contribution in [3.8, 4) is 0 Å². The molecule has 3 N–H and O–H groups in total. The Balaban J connectivity index is 1.69. The van der Waals surface area contributed by atoms with Crippen LogP contribution in [0.3, 0.4) is 0 Å². The average molecular weight is 464 g/mol. The van der Waals surface area contributed by atoms with Gasteiger partial charge in [-0.2, -0.15) is 0 Å². The Morgan fingerprint density at radius 3 is 2.44 bits per heavy atom. The quantitative estimate of drug-likeness (QED) is 0.643. The van der Waals surface area contributed by atoms with Gasteiger partial charge in [-0.05, 0) is 45.2 Å². The second kappa shape index (κ2) is 9.55. The number of hydrogen-bond donors (Lipinski definition) is 2. The molecule has 0 spiro atoms. The lowest BCUT2D eigenvalue weighted by Crippen LogP contribution is -2.50. The molecular weight excluding hydrogens is 437 g/mol. The van der Waals surface area contributed by atoms with Crippen LogP contribution in [0.1, 0.15) is 31.3 Å². The zero-order chi connectivity index (χ0) is 23.5. The van der Waals surface area contributed by atoms with Crippen LogP contribution < -0.4 is 16.0 Å². The number of ether oxygens (including phenoxy) is 1. The fraction of sp³-hybridized carbons (Fsp3) is 0.450. The van der Waals surface area contributed by atoms with Gasteiger partial charge in [-0.15, -0.1) is 10.2 Å². The van der Waals surface area contributed by atoms with Crippen molar-refractivity contribution in [2.75, 3.05) is 42.7 Å². The second-order valence-electron chi connectivity index (χ2n) is 8.11. The highest BCUT2D eigenvalue weighted by molar-refractivity contribution is 7.98. The van der Waals surface area contributed by atoms with E-state index in [0.717, 1.165) is 0 Å². The molecule has 0 saturated carbocycles. The minimum absolute atomic E-state index is 0.106. The highest BCUT2D eigenvalue weighted by Crippen LogP contribution is 2.27. The van der Waals surface area contributed by atoms with Crippen LogP contribution in [0.5, 0.6) is 0 Å². The monoisotopic (exact) mass is 463 g/mol. The van der Waals surface area contributed by atoms with E-state index in [1.807, 2.05) is 25.7 Å². The molecule has 1 aliphatic rings. The van der Waals surface area contributed by atoms with Gasteiger partial charge in [0.1, 0.15) is 11.4 Å². The van der Waals surface area contributed by atoms with Crippen molar-refractivity contribution in [3.63, 3.8) is 0 Å². The number of piperazine rings is 1. The Morgan fingerprint density at radius 1 is 1.19 bits per heavy atom. The van der Waals surface area contributed by atoms with Crippen LogP contribution in [0, 0.1) is 5.82 Å². The normalized spacial score (nSPS) is 14.3. The molecule has 0 atom stereocenters. The summed E-state index contributed by atoms with van der Waals surface area (Å²) in [5, 5.41) is 10.8. The predicted molar refractivity (Wildman–Crippen MR) is 120 cm³/mol. The summed E-state index contributed by atoms with van der Waals surface area (Å²) in [5.74, 6) is -1.14. The highest BCUT2D eigenvalue weighted by atomic mass is 32.2. The van der Waals surface area contributed by atoms with Crippen LogP contribution in [-0.4, -0.2) is 70.1 Å². The van der Waals surface area contributed by atoms with Crippen LogP contribution in [-0.2, 0) is 4.74 Å². The van der Waals surface area contributed by atoms with Gasteiger partial charge in [0.15, 0.2) is 11.5 Å². The van der Waals surface area contributed by atoms with Gasteiger partial charge in [-0.3, -0.25) is 4.79 Å². The summed E-state index contributed by atoms with van der Waals surface area (Å²) in [6, 6.07) is 4.61. The number of primary amides is 1. The van der Waals surface area contributed by atoms with Gasteiger partial charge in [-0.1, -0.05) is 11.8 Å². The van der Waals surface area contributed by atoms with Crippen molar-refractivity contribution in [1.29, 1.82) is 0 Å². The van der Waals surface area contributed by atoms with Gasteiger partial charge in [0, 0.05) is 31.9 Å². The van der Waals surface area contributed by atoms with Crippen LogP contribution in [0.4, 0.5) is 26.4 Å². The minimum atomic E-state index is -0.792. The van der Waals surface area contributed by atoms with Crippen LogP contribution in [0.15, 0.2) is 23.4 Å². The number of hydrogen-bond acceptors (Lipinski definition) is 9. The first-order chi connectivity index (χ1) is 15.1. The summed E-state index contributed by atoms with van der Waals surface area (Å²) in [6.45, 7) is 7.26. The summed E-state index contributed by atoms with van der Waals surface area (Å²) in [7, 11) is 0. The first-order valence-corrected chi connectivity index (χ1v) is 11.2. The molecule has 1 aromatic carbocycles. The van der Waals surface area contributed by atoms with E-state index in [-0.39, 0.29) is 17.6 Å². The first kappa shape index (κ1) is 23.5. The molecule has 12 heteroatoms. The number of nitrogens with one attached hydrogen (secondary N) is 1. The van der Waals surface area contributed by atoms with Gasteiger partial charge in [-0.25, -0.2) is 14.2 Å². The molecule has 1 aliphatic heterocycles. The van der Waals surface area contributed by atoms with E-state index in [9.17, 15) is 14.0 Å². The first-order valence-electron chi connectivity index (χ1n) is 9.95. The van der Waals surface area contributed by atoms with Crippen molar-refractivity contribution in [3.05, 3.63) is 29.7 Å². The van der Waals surface area contributed by atoms with E-state index in [1.165, 1.54) is 17.8 Å². The van der Waals surface area contributed by atoms with E-state index in [0.29, 0.717) is 42.7 Å². The third kappa shape index (κ3) is 5.75. The Labute approximate surface area is 189 Å². The Hall–Kier alpha value is -3.15. The number of benzene rings is 1. The molecule has 2 aromatic rings. The standard InChI is InChI=1S/C20H26FN7O3S/c1-20(2,3)31-19(30)28-9-7-27(8-10-28)14-6-5-12(11-13(14)21)23-17-15(16(22)29)25-26-18(24-17)32-4/h5-6,11H,7-10H2,1-4H3,(H2,22,29)(H,23,24,26). The average Bonchev–Trinajstić information content (AvgIpc) is 2.72. The summed E-state index contributed by atoms with van der Waals surface area (Å²) in [4.78, 5) is 31.5. The third-order valence-electron chi connectivity index (χ3n) is 4.57. The molecule has 0 radical (unpaired) electrons. The SMILES string of the molecule is CSc1nnc(C(N)=O)c(Nc2ccc(N3CCN(C(=O)OC(C)(C)C)CC3)c(F)c2)n1. The van der Waals surface area contributed by atoms with Crippen LogP contribution in [0.25, 0.3) is 0 Å². The number of carbonyl (C=O) groups is 2. The van der Waals surface area contributed by atoms with E-state index in [1.54, 1.807) is 23.3 Å². The maximum absolute atomic E-state index is 14.9. The molecule has 1 aromatic heterocycles. The van der Waals surface area contributed by atoms with Crippen molar-refractivity contribution >= 4 is 41.0 Å². The topological polar surface area (TPSA) is 127 Å². The lowest BCUT2D eigenvalue weighted by Gasteiger charge is -2.36. The van der Waals surface area contributed by atoms with Crippen molar-refractivity contribution < 1.29 is 18.7 Å². The molecule has 1 saturated heterocycles. The van der Waals surface area contributed by atoms with Gasteiger partial charge in [0.05, 0.1) is 5.69 Å². The number of aromatic nitrogens is 3. The Morgan fingerprint density at radius 2 is 1.88 bits per heavy atom. The maximum atomic E-state index is 14.9. The van der Waals surface area contributed by atoms with Crippen molar-refractivity contribution in [2.45, 2.75) is 31.5 Å². The summed E-state index contributed by atoms with van der Waals surface area (Å²) in [5.41, 5.74) is 5.44. The van der Waals surface area contributed by atoms with Gasteiger partial charge < -0.3 is 25.6 Å². The van der Waals surface area contributed by atoms with E-state index in [4.69, 9.17) is 10.5 Å². The summed E-state index contributed by atoms with van der Waals surface area (Å²) < 4.78 is 20.3. The largest absolute Gasteiger partial charge is 0.444 e. The fourth-order valence-electron chi connectivity index (χ4n) is 3.08. The molecule has 2 amide bonds. The van der Waals surface area contributed by atoms with E-state index in [2.05, 4.69) is 20.5 Å². The minimum Gasteiger partial charge on any atom is -0.444 e. The van der Waals surface area contributed by atoms with Crippen LogP contribution in [0.2, 0.25) is 0 Å². The van der Waals surface area contributed by atoms with Crippen molar-refractivity contribution in [1.82, 2.24) is 20.1 Å².